The highest BCUT2D eigenvalue weighted by Crippen LogP contribution is 2.21. The molecule has 4 nitrogen and oxygen atoms in total. The average molecular weight is 233 g/mol. The van der Waals surface area contributed by atoms with Crippen LogP contribution in [0, 0.1) is 11.8 Å². The van der Waals surface area contributed by atoms with Crippen molar-refractivity contribution in [3.8, 4) is 0 Å². The zero-order chi connectivity index (χ0) is 12.3. The summed E-state index contributed by atoms with van der Waals surface area (Å²) >= 11 is 0. The van der Waals surface area contributed by atoms with Gasteiger partial charge in [0.1, 0.15) is 0 Å². The number of urea groups is 1. The largest absolute Gasteiger partial charge is 0.324 e. The van der Waals surface area contributed by atoms with E-state index in [-0.39, 0.29) is 6.03 Å². The smallest absolute Gasteiger partial charge is 0.321 e. The van der Waals surface area contributed by atoms with Gasteiger partial charge in [-0.15, -0.1) is 0 Å². The summed E-state index contributed by atoms with van der Waals surface area (Å²) in [5.41, 5.74) is 0.753. The van der Waals surface area contributed by atoms with Crippen molar-refractivity contribution in [3.63, 3.8) is 0 Å². The van der Waals surface area contributed by atoms with Gasteiger partial charge in [0.25, 0.3) is 0 Å². The molecule has 0 bridgehead atoms. The summed E-state index contributed by atoms with van der Waals surface area (Å²) in [5, 5.41) is 2.88. The van der Waals surface area contributed by atoms with Crippen LogP contribution in [0.3, 0.4) is 0 Å². The van der Waals surface area contributed by atoms with Gasteiger partial charge >= 0.3 is 6.03 Å². The normalized spacial score (nSPS) is 24.5. The van der Waals surface area contributed by atoms with Gasteiger partial charge in [-0.1, -0.05) is 13.8 Å². The van der Waals surface area contributed by atoms with Crippen LogP contribution in [0.15, 0.2) is 24.5 Å². The quantitative estimate of drug-likeness (QED) is 0.810. The molecule has 92 valence electrons. The van der Waals surface area contributed by atoms with Crippen molar-refractivity contribution in [1.82, 2.24) is 9.88 Å². The molecule has 1 aliphatic rings. The highest BCUT2D eigenvalue weighted by molar-refractivity contribution is 5.89. The van der Waals surface area contributed by atoms with Gasteiger partial charge in [0.2, 0.25) is 0 Å². The van der Waals surface area contributed by atoms with Crippen LogP contribution in [0.5, 0.6) is 0 Å². The third kappa shape index (κ3) is 3.19. The summed E-state index contributed by atoms with van der Waals surface area (Å²) in [6.07, 6.45) is 4.56. The molecule has 0 radical (unpaired) electrons. The van der Waals surface area contributed by atoms with Crippen LogP contribution in [0.25, 0.3) is 0 Å². The zero-order valence-electron chi connectivity index (χ0n) is 10.4. The summed E-state index contributed by atoms with van der Waals surface area (Å²) in [6, 6.07) is 3.65. The molecule has 17 heavy (non-hydrogen) atoms. The van der Waals surface area contributed by atoms with Crippen LogP contribution in [0.2, 0.25) is 0 Å². The monoisotopic (exact) mass is 233 g/mol. The van der Waals surface area contributed by atoms with Crippen molar-refractivity contribution in [2.24, 2.45) is 11.8 Å². The van der Waals surface area contributed by atoms with Crippen LogP contribution in [-0.4, -0.2) is 29.0 Å². The number of piperidine rings is 1. The lowest BCUT2D eigenvalue weighted by Crippen LogP contribution is -2.44. The van der Waals surface area contributed by atoms with Gasteiger partial charge in [0, 0.05) is 19.3 Å². The van der Waals surface area contributed by atoms with Crippen molar-refractivity contribution in [1.29, 1.82) is 0 Å². The molecule has 2 rings (SSSR count). The Morgan fingerprint density at radius 3 is 2.71 bits per heavy atom. The summed E-state index contributed by atoms with van der Waals surface area (Å²) < 4.78 is 0. The maximum Gasteiger partial charge on any atom is 0.321 e. The second kappa shape index (κ2) is 5.17. The first-order valence-corrected chi connectivity index (χ1v) is 6.11. The number of carbonyl (C=O) groups is 1. The van der Waals surface area contributed by atoms with E-state index in [9.17, 15) is 4.79 Å². The van der Waals surface area contributed by atoms with Crippen molar-refractivity contribution in [3.05, 3.63) is 24.5 Å². The number of hydrogen-bond acceptors (Lipinski definition) is 2. The lowest BCUT2D eigenvalue weighted by Gasteiger charge is -2.34. The van der Waals surface area contributed by atoms with E-state index in [4.69, 9.17) is 0 Å². The lowest BCUT2D eigenvalue weighted by atomic mass is 9.92. The second-order valence-electron chi connectivity index (χ2n) is 5.02. The molecule has 1 aromatic rings. The van der Waals surface area contributed by atoms with Gasteiger partial charge in [0.05, 0.1) is 11.9 Å². The molecule has 2 heterocycles. The Hall–Kier alpha value is -1.58. The second-order valence-corrected chi connectivity index (χ2v) is 5.02. The number of pyridine rings is 1. The molecule has 2 amide bonds. The minimum absolute atomic E-state index is 0.0172. The van der Waals surface area contributed by atoms with E-state index in [1.54, 1.807) is 12.4 Å². The van der Waals surface area contributed by atoms with Gasteiger partial charge < -0.3 is 10.2 Å². The maximum atomic E-state index is 12.0. The lowest BCUT2D eigenvalue weighted by molar-refractivity contribution is 0.156. The fraction of sp³-hybridized carbons (Fsp3) is 0.538. The fourth-order valence-corrected chi connectivity index (χ4v) is 2.47. The van der Waals surface area contributed by atoms with E-state index in [0.29, 0.717) is 11.8 Å². The highest BCUT2D eigenvalue weighted by Gasteiger charge is 2.25. The Labute approximate surface area is 102 Å². The zero-order valence-corrected chi connectivity index (χ0v) is 10.4. The molecule has 1 aromatic heterocycles. The molecule has 0 saturated carbocycles. The Morgan fingerprint density at radius 2 is 2.12 bits per heavy atom. The van der Waals surface area contributed by atoms with Crippen LogP contribution < -0.4 is 5.32 Å². The van der Waals surface area contributed by atoms with Crippen molar-refractivity contribution < 1.29 is 4.79 Å². The first-order chi connectivity index (χ1) is 8.15. The van der Waals surface area contributed by atoms with E-state index in [2.05, 4.69) is 24.1 Å². The van der Waals surface area contributed by atoms with Crippen LogP contribution in [0.1, 0.15) is 20.3 Å². The molecule has 0 aromatic carbocycles. The molecule has 1 saturated heterocycles. The van der Waals surface area contributed by atoms with Crippen molar-refractivity contribution in [2.75, 3.05) is 18.4 Å². The number of hydrogen-bond donors (Lipinski definition) is 1. The summed E-state index contributed by atoms with van der Waals surface area (Å²) in [4.78, 5) is 17.9. The Kier molecular flexibility index (Phi) is 3.61. The summed E-state index contributed by atoms with van der Waals surface area (Å²) in [6.45, 7) is 6.08. The summed E-state index contributed by atoms with van der Waals surface area (Å²) in [7, 11) is 0. The molecule has 0 unspecified atom stereocenters. The SMILES string of the molecule is C[C@@H]1C[C@@H](C)CN(C(=O)Nc2cccnc2)C1. The van der Waals surface area contributed by atoms with Crippen LogP contribution >= 0.6 is 0 Å². The number of carbonyl (C=O) groups excluding carboxylic acids is 1. The standard InChI is InChI=1S/C13H19N3O/c1-10-6-11(2)9-16(8-10)13(17)15-12-4-3-5-14-7-12/h3-5,7,10-11H,6,8-9H2,1-2H3,(H,15,17)/t10-,11-/m1/s1. The third-order valence-corrected chi connectivity index (χ3v) is 3.07. The minimum Gasteiger partial charge on any atom is -0.324 e. The third-order valence-electron chi connectivity index (χ3n) is 3.07. The predicted octanol–water partition coefficient (Wildman–Crippen LogP) is 2.59. The number of anilines is 1. The molecule has 0 aliphatic carbocycles. The number of nitrogens with one attached hydrogen (secondary N) is 1. The molecule has 1 fully saturated rings. The number of likely N-dealkylation sites (tertiary alicyclic amines) is 1. The van der Waals surface area contributed by atoms with E-state index in [0.717, 1.165) is 18.8 Å². The molecular formula is C13H19N3O. The molecule has 1 N–H and O–H groups in total. The minimum atomic E-state index is -0.0172. The van der Waals surface area contributed by atoms with Gasteiger partial charge in [-0.3, -0.25) is 4.98 Å². The van der Waals surface area contributed by atoms with Gasteiger partial charge in [0.15, 0.2) is 0 Å². The van der Waals surface area contributed by atoms with Crippen LogP contribution in [0.4, 0.5) is 10.5 Å². The number of rotatable bonds is 1. The van der Waals surface area contributed by atoms with Gasteiger partial charge in [-0.05, 0) is 30.4 Å². The molecule has 1 aliphatic heterocycles. The maximum absolute atomic E-state index is 12.0. The molecule has 2 atom stereocenters. The average Bonchev–Trinajstić information content (AvgIpc) is 2.29. The Morgan fingerprint density at radius 1 is 1.41 bits per heavy atom. The first kappa shape index (κ1) is 11.9. The Balaban J connectivity index is 1.96. The number of nitrogens with zero attached hydrogens (tertiary/aromatic N) is 2. The Bertz CT molecular complexity index is 370. The summed E-state index contributed by atoms with van der Waals surface area (Å²) in [5.74, 6) is 1.16. The highest BCUT2D eigenvalue weighted by atomic mass is 16.2. The van der Waals surface area contributed by atoms with Crippen molar-refractivity contribution >= 4 is 11.7 Å². The van der Waals surface area contributed by atoms with E-state index in [1.165, 1.54) is 6.42 Å². The molecule has 0 spiro atoms. The molecular weight excluding hydrogens is 214 g/mol. The fourth-order valence-electron chi connectivity index (χ4n) is 2.47. The van der Waals surface area contributed by atoms with E-state index in [1.807, 2.05) is 17.0 Å². The van der Waals surface area contributed by atoms with Crippen LogP contribution in [-0.2, 0) is 0 Å². The van der Waals surface area contributed by atoms with E-state index < -0.39 is 0 Å². The van der Waals surface area contributed by atoms with Gasteiger partial charge in [-0.25, -0.2) is 4.79 Å². The number of aromatic nitrogens is 1. The molecule has 4 heteroatoms. The number of amides is 2. The first-order valence-electron chi connectivity index (χ1n) is 6.11. The topological polar surface area (TPSA) is 45.2 Å². The van der Waals surface area contributed by atoms with Crippen molar-refractivity contribution in [2.45, 2.75) is 20.3 Å². The van der Waals surface area contributed by atoms with Gasteiger partial charge in [-0.2, -0.15) is 0 Å². The van der Waals surface area contributed by atoms with E-state index >= 15 is 0 Å². The predicted molar refractivity (Wildman–Crippen MR) is 67.8 cm³/mol.